The summed E-state index contributed by atoms with van der Waals surface area (Å²) in [6, 6.07) is 21.0. The van der Waals surface area contributed by atoms with Crippen LogP contribution in [0.2, 0.25) is 0 Å². The highest BCUT2D eigenvalue weighted by Gasteiger charge is 2.28. The summed E-state index contributed by atoms with van der Waals surface area (Å²) in [6.07, 6.45) is 0.892. The Balaban J connectivity index is 1.63. The van der Waals surface area contributed by atoms with E-state index in [4.69, 9.17) is 20.9 Å². The molecule has 0 aliphatic heterocycles. The zero-order valence-corrected chi connectivity index (χ0v) is 22.8. The third kappa shape index (κ3) is 8.68. The molecule has 2 atom stereocenters. The summed E-state index contributed by atoms with van der Waals surface area (Å²) < 4.78 is 10.6. The summed E-state index contributed by atoms with van der Waals surface area (Å²) in [5, 5.41) is 0. The zero-order chi connectivity index (χ0) is 28.4. The molecule has 0 bridgehead atoms. The van der Waals surface area contributed by atoms with E-state index >= 15 is 0 Å². The lowest BCUT2D eigenvalue weighted by Crippen LogP contribution is -2.53. The highest BCUT2D eigenvalue weighted by atomic mass is 16.7. The van der Waals surface area contributed by atoms with Gasteiger partial charge >= 0.3 is 6.16 Å². The van der Waals surface area contributed by atoms with Crippen molar-refractivity contribution in [2.75, 3.05) is 6.54 Å². The molecule has 0 fully saturated rings. The second kappa shape index (κ2) is 14.1. The number of aryl methyl sites for hydroxylation is 3. The number of carbonyl (C=O) groups is 3. The highest BCUT2D eigenvalue weighted by molar-refractivity contribution is 5.89. The molecule has 0 aliphatic carbocycles. The molecule has 0 aliphatic rings. The number of hydrogen-bond donors (Lipinski definition) is 2. The Hall–Kier alpha value is -4.17. The molecule has 0 unspecified atom stereocenters. The van der Waals surface area contributed by atoms with Crippen LogP contribution in [-0.4, -0.2) is 41.5 Å². The standard InChI is InChI=1S/C31H37N3O5/c1-21-17-26(39-31(37)38-20-25-13-8-5-9-14-25)18-22(2)27(21)19-28(32)30(36)34(23(3)29(33)35)16-10-15-24-11-6-4-7-12-24/h4-9,11-14,17-18,23,28H,10,15-16,19-20,32H2,1-3H3,(H2,33,35)/t23-,28-/m1/s1. The van der Waals surface area contributed by atoms with Crippen molar-refractivity contribution in [3.05, 3.63) is 101 Å². The first kappa shape index (κ1) is 29.4. The Morgan fingerprint density at radius 3 is 2.03 bits per heavy atom. The van der Waals surface area contributed by atoms with Gasteiger partial charge in [0.05, 0.1) is 6.04 Å². The second-order valence-electron chi connectivity index (χ2n) is 9.67. The molecular formula is C31H37N3O5. The van der Waals surface area contributed by atoms with Gasteiger partial charge in [0.2, 0.25) is 11.8 Å². The molecule has 0 heterocycles. The average Bonchev–Trinajstić information content (AvgIpc) is 2.92. The lowest BCUT2D eigenvalue weighted by atomic mass is 9.95. The maximum Gasteiger partial charge on any atom is 0.514 e. The van der Waals surface area contributed by atoms with E-state index < -0.39 is 24.1 Å². The summed E-state index contributed by atoms with van der Waals surface area (Å²) in [4.78, 5) is 39.0. The van der Waals surface area contributed by atoms with Gasteiger partial charge in [0, 0.05) is 6.54 Å². The molecule has 0 radical (unpaired) electrons. The minimum atomic E-state index is -0.872. The molecule has 3 rings (SSSR count). The van der Waals surface area contributed by atoms with Crippen LogP contribution in [0.3, 0.4) is 0 Å². The average molecular weight is 532 g/mol. The van der Waals surface area contributed by atoms with Gasteiger partial charge in [0.1, 0.15) is 18.4 Å². The first-order chi connectivity index (χ1) is 18.7. The Bertz CT molecular complexity index is 1240. The number of rotatable bonds is 12. The molecule has 3 aromatic rings. The Morgan fingerprint density at radius 2 is 1.46 bits per heavy atom. The Kier molecular flexibility index (Phi) is 10.6. The predicted octanol–water partition coefficient (Wildman–Crippen LogP) is 4.22. The van der Waals surface area contributed by atoms with Crippen LogP contribution in [0.5, 0.6) is 5.75 Å². The quantitative estimate of drug-likeness (QED) is 0.266. The van der Waals surface area contributed by atoms with Crippen LogP contribution in [0.15, 0.2) is 72.8 Å². The first-order valence-electron chi connectivity index (χ1n) is 13.0. The van der Waals surface area contributed by atoms with Crippen molar-refractivity contribution in [1.82, 2.24) is 4.90 Å². The van der Waals surface area contributed by atoms with Crippen molar-refractivity contribution in [2.45, 2.75) is 58.7 Å². The summed E-state index contributed by atoms with van der Waals surface area (Å²) >= 11 is 0. The van der Waals surface area contributed by atoms with Gasteiger partial charge in [-0.05, 0) is 80.0 Å². The van der Waals surface area contributed by atoms with Gasteiger partial charge in [-0.2, -0.15) is 0 Å². The van der Waals surface area contributed by atoms with E-state index in [1.807, 2.05) is 74.5 Å². The second-order valence-corrected chi connectivity index (χ2v) is 9.67. The van der Waals surface area contributed by atoms with Gasteiger partial charge in [-0.1, -0.05) is 60.7 Å². The smallest absolute Gasteiger partial charge is 0.429 e. The van der Waals surface area contributed by atoms with Crippen LogP contribution in [0.25, 0.3) is 0 Å². The fourth-order valence-corrected chi connectivity index (χ4v) is 4.44. The molecule has 3 aromatic carbocycles. The van der Waals surface area contributed by atoms with Crippen molar-refractivity contribution < 1.29 is 23.9 Å². The fourth-order valence-electron chi connectivity index (χ4n) is 4.44. The summed E-state index contributed by atoms with van der Waals surface area (Å²) in [7, 11) is 0. The van der Waals surface area contributed by atoms with Crippen molar-refractivity contribution in [3.8, 4) is 5.75 Å². The molecular weight excluding hydrogens is 494 g/mol. The third-order valence-corrected chi connectivity index (χ3v) is 6.68. The topological polar surface area (TPSA) is 125 Å². The van der Waals surface area contributed by atoms with Gasteiger partial charge in [-0.3, -0.25) is 9.59 Å². The SMILES string of the molecule is Cc1cc(OC(=O)OCc2ccccc2)cc(C)c1C[C@@H](N)C(=O)N(CCCc1ccccc1)[C@H](C)C(N)=O. The maximum absolute atomic E-state index is 13.4. The number of benzene rings is 3. The Labute approximate surface area is 229 Å². The molecule has 8 heteroatoms. The third-order valence-electron chi connectivity index (χ3n) is 6.68. The van der Waals surface area contributed by atoms with Gasteiger partial charge in [-0.25, -0.2) is 4.79 Å². The number of carbonyl (C=O) groups excluding carboxylic acids is 3. The number of amides is 2. The van der Waals surface area contributed by atoms with E-state index in [-0.39, 0.29) is 18.9 Å². The van der Waals surface area contributed by atoms with Crippen molar-refractivity contribution in [1.29, 1.82) is 0 Å². The number of primary amides is 1. The molecule has 8 nitrogen and oxygen atoms in total. The fraction of sp³-hybridized carbons (Fsp3) is 0.323. The molecule has 2 amide bonds. The molecule has 0 aromatic heterocycles. The van der Waals surface area contributed by atoms with E-state index in [9.17, 15) is 14.4 Å². The van der Waals surface area contributed by atoms with Crippen molar-refractivity contribution >= 4 is 18.0 Å². The summed E-state index contributed by atoms with van der Waals surface area (Å²) in [6.45, 7) is 5.82. The minimum Gasteiger partial charge on any atom is -0.429 e. The zero-order valence-electron chi connectivity index (χ0n) is 22.8. The molecule has 0 saturated carbocycles. The number of ether oxygens (including phenoxy) is 2. The number of nitrogens with two attached hydrogens (primary N) is 2. The first-order valence-corrected chi connectivity index (χ1v) is 13.0. The van der Waals surface area contributed by atoms with Gasteiger partial charge in [0.15, 0.2) is 0 Å². The number of nitrogens with zero attached hydrogens (tertiary/aromatic N) is 1. The normalized spacial score (nSPS) is 12.3. The molecule has 0 spiro atoms. The monoisotopic (exact) mass is 531 g/mol. The van der Waals surface area contributed by atoms with Gasteiger partial charge in [0.25, 0.3) is 0 Å². The van der Waals surface area contributed by atoms with E-state index in [0.717, 1.165) is 34.2 Å². The molecule has 4 N–H and O–H groups in total. The van der Waals surface area contributed by atoms with Crippen LogP contribution in [0, 0.1) is 13.8 Å². The van der Waals surface area contributed by atoms with Crippen LogP contribution in [0.1, 0.15) is 41.2 Å². The van der Waals surface area contributed by atoms with Crippen LogP contribution in [-0.2, 0) is 33.8 Å². The number of hydrogen-bond acceptors (Lipinski definition) is 6. The largest absolute Gasteiger partial charge is 0.514 e. The predicted molar refractivity (Wildman–Crippen MR) is 150 cm³/mol. The summed E-state index contributed by atoms with van der Waals surface area (Å²) in [5.74, 6) is -0.571. The maximum atomic E-state index is 13.4. The lowest BCUT2D eigenvalue weighted by Gasteiger charge is -2.30. The van der Waals surface area contributed by atoms with Crippen molar-refractivity contribution in [2.24, 2.45) is 11.5 Å². The highest BCUT2D eigenvalue weighted by Crippen LogP contribution is 2.24. The Morgan fingerprint density at radius 1 is 0.897 bits per heavy atom. The van der Waals surface area contributed by atoms with Gasteiger partial charge < -0.3 is 25.8 Å². The molecule has 0 saturated heterocycles. The van der Waals surface area contributed by atoms with Crippen LogP contribution >= 0.6 is 0 Å². The van der Waals surface area contributed by atoms with Crippen LogP contribution in [0.4, 0.5) is 4.79 Å². The molecule has 206 valence electrons. The van der Waals surface area contributed by atoms with E-state index in [0.29, 0.717) is 18.7 Å². The lowest BCUT2D eigenvalue weighted by molar-refractivity contribution is -0.139. The van der Waals surface area contributed by atoms with Crippen molar-refractivity contribution in [3.63, 3.8) is 0 Å². The van der Waals surface area contributed by atoms with E-state index in [2.05, 4.69) is 0 Å². The molecule has 39 heavy (non-hydrogen) atoms. The van der Waals surface area contributed by atoms with E-state index in [1.54, 1.807) is 19.1 Å². The van der Waals surface area contributed by atoms with E-state index in [1.165, 1.54) is 4.90 Å². The summed E-state index contributed by atoms with van der Waals surface area (Å²) in [5.41, 5.74) is 16.4. The van der Waals surface area contributed by atoms with Gasteiger partial charge in [-0.15, -0.1) is 0 Å². The van der Waals surface area contributed by atoms with Crippen LogP contribution < -0.4 is 16.2 Å². The minimum absolute atomic E-state index is 0.109.